The molecule has 0 radical (unpaired) electrons. The van der Waals surface area contributed by atoms with Crippen LogP contribution in [0.2, 0.25) is 25.7 Å². The van der Waals surface area contributed by atoms with Gasteiger partial charge in [0.2, 0.25) is 0 Å². The third-order valence-corrected chi connectivity index (χ3v) is 6.25. The molecule has 1 aliphatic rings. The number of primary amides is 1. The first-order valence-electron chi connectivity index (χ1n) is 9.45. The maximum absolute atomic E-state index is 12.2. The highest BCUT2D eigenvalue weighted by Crippen LogP contribution is 2.29. The highest BCUT2D eigenvalue weighted by Gasteiger charge is 2.29. The lowest BCUT2D eigenvalue weighted by molar-refractivity contribution is -0.0612. The number of carbonyl (C=O) groups is 2. The van der Waals surface area contributed by atoms with Gasteiger partial charge in [0, 0.05) is 15.1 Å². The predicted octanol–water partition coefficient (Wildman–Crippen LogP) is 3.45. The van der Waals surface area contributed by atoms with Gasteiger partial charge in [-0.1, -0.05) is 19.6 Å². The van der Waals surface area contributed by atoms with E-state index < -0.39 is 26.4 Å². The Balaban J connectivity index is 2.54. The number of ether oxygens (including phenoxy) is 3. The minimum absolute atomic E-state index is 0.183. The number of carbonyl (C=O) groups excluding carboxylic acids is 2. The summed E-state index contributed by atoms with van der Waals surface area (Å²) >= 11 is 0. The van der Waals surface area contributed by atoms with Crippen molar-refractivity contribution in [3.05, 3.63) is 0 Å². The summed E-state index contributed by atoms with van der Waals surface area (Å²) < 4.78 is 16.4. The van der Waals surface area contributed by atoms with Crippen LogP contribution in [0.1, 0.15) is 33.1 Å². The van der Waals surface area contributed by atoms with Crippen LogP contribution in [0.15, 0.2) is 0 Å². The Hall–Kier alpha value is -1.28. The molecule has 0 saturated carbocycles. The van der Waals surface area contributed by atoms with Crippen LogP contribution in [0.3, 0.4) is 0 Å². The smallest absolute Gasteiger partial charge is 0.409 e. The van der Waals surface area contributed by atoms with Gasteiger partial charge in [-0.15, -0.1) is 0 Å². The first kappa shape index (κ1) is 22.8. The van der Waals surface area contributed by atoms with E-state index in [1.165, 1.54) is 4.90 Å². The van der Waals surface area contributed by atoms with Gasteiger partial charge in [-0.05, 0) is 45.1 Å². The second-order valence-electron chi connectivity index (χ2n) is 8.69. The fourth-order valence-corrected chi connectivity index (χ4v) is 4.08. The summed E-state index contributed by atoms with van der Waals surface area (Å²) in [6, 6.07) is 0.922. The van der Waals surface area contributed by atoms with E-state index in [-0.39, 0.29) is 18.8 Å². The summed E-state index contributed by atoms with van der Waals surface area (Å²) in [5.74, 6) is 0.370. The van der Waals surface area contributed by atoms with Crippen molar-refractivity contribution in [1.29, 1.82) is 0 Å². The molecular weight excluding hydrogens is 352 g/mol. The van der Waals surface area contributed by atoms with Crippen molar-refractivity contribution in [2.75, 3.05) is 20.2 Å². The SMILES string of the molecule is C[C@H]1CC(C[C@@H](CN(C)C(=O)OCC[Si](C)(C)C)OC(N)=O)C[C@H](C)O1. The fourth-order valence-electron chi connectivity index (χ4n) is 3.37. The van der Waals surface area contributed by atoms with E-state index in [0.717, 1.165) is 18.9 Å². The Morgan fingerprint density at radius 2 is 1.81 bits per heavy atom. The topological polar surface area (TPSA) is 91.1 Å². The number of nitrogens with two attached hydrogens (primary N) is 1. The highest BCUT2D eigenvalue weighted by molar-refractivity contribution is 6.76. The summed E-state index contributed by atoms with van der Waals surface area (Å²) in [4.78, 5) is 24.9. The van der Waals surface area contributed by atoms with Gasteiger partial charge >= 0.3 is 12.2 Å². The summed E-state index contributed by atoms with van der Waals surface area (Å²) in [6.45, 7) is 11.5. The molecular formula is C18H36N2O5Si. The molecule has 1 heterocycles. The molecule has 1 fully saturated rings. The molecule has 2 amide bonds. The molecule has 1 saturated heterocycles. The van der Waals surface area contributed by atoms with Crippen molar-refractivity contribution in [2.24, 2.45) is 11.7 Å². The van der Waals surface area contributed by atoms with Gasteiger partial charge in [-0.3, -0.25) is 0 Å². The number of likely N-dealkylation sites (N-methyl/N-ethyl adjacent to an activating group) is 1. The molecule has 2 N–H and O–H groups in total. The lowest BCUT2D eigenvalue weighted by atomic mass is 9.88. The summed E-state index contributed by atoms with van der Waals surface area (Å²) in [5, 5.41) is 0. The van der Waals surface area contributed by atoms with Gasteiger partial charge in [0.15, 0.2) is 0 Å². The van der Waals surface area contributed by atoms with Crippen LogP contribution < -0.4 is 5.73 Å². The molecule has 26 heavy (non-hydrogen) atoms. The van der Waals surface area contributed by atoms with Crippen LogP contribution in [-0.2, 0) is 14.2 Å². The van der Waals surface area contributed by atoms with E-state index in [1.54, 1.807) is 7.05 Å². The van der Waals surface area contributed by atoms with E-state index in [1.807, 2.05) is 0 Å². The van der Waals surface area contributed by atoms with Crippen molar-refractivity contribution in [2.45, 2.75) is 77.1 Å². The van der Waals surface area contributed by atoms with Gasteiger partial charge in [0.05, 0.1) is 25.4 Å². The molecule has 152 valence electrons. The number of hydrogen-bond acceptors (Lipinski definition) is 5. The second kappa shape index (κ2) is 10.2. The average molecular weight is 389 g/mol. The first-order chi connectivity index (χ1) is 12.0. The minimum Gasteiger partial charge on any atom is -0.450 e. The summed E-state index contributed by atoms with van der Waals surface area (Å²) in [6.07, 6.45) is 1.20. The Morgan fingerprint density at radius 1 is 1.23 bits per heavy atom. The molecule has 0 aromatic heterocycles. The number of hydrogen-bond donors (Lipinski definition) is 1. The number of amides is 2. The predicted molar refractivity (Wildman–Crippen MR) is 104 cm³/mol. The standard InChI is InChI=1S/C18H36N2O5Si/c1-13-9-15(10-14(2)24-13)11-16(25-17(19)21)12-20(3)18(22)23-7-8-26(4,5)6/h13-16H,7-12H2,1-6H3,(H2,19,21)/t13-,14-,16-/m0/s1. The molecule has 8 heteroatoms. The molecule has 0 bridgehead atoms. The Labute approximate surface area is 158 Å². The van der Waals surface area contributed by atoms with Crippen LogP contribution in [0.4, 0.5) is 9.59 Å². The Morgan fingerprint density at radius 3 is 2.31 bits per heavy atom. The van der Waals surface area contributed by atoms with Crippen LogP contribution in [0, 0.1) is 5.92 Å². The van der Waals surface area contributed by atoms with Crippen molar-refractivity contribution < 1.29 is 23.8 Å². The summed E-state index contributed by atoms with van der Waals surface area (Å²) in [5.41, 5.74) is 5.22. The molecule has 1 rings (SSSR count). The minimum atomic E-state index is -1.25. The van der Waals surface area contributed by atoms with E-state index in [4.69, 9.17) is 19.9 Å². The van der Waals surface area contributed by atoms with Gasteiger partial charge in [0.1, 0.15) is 6.10 Å². The quantitative estimate of drug-likeness (QED) is 0.643. The van der Waals surface area contributed by atoms with Crippen LogP contribution >= 0.6 is 0 Å². The monoisotopic (exact) mass is 388 g/mol. The zero-order chi connectivity index (χ0) is 19.9. The second-order valence-corrected chi connectivity index (χ2v) is 14.3. The van der Waals surface area contributed by atoms with Gasteiger partial charge < -0.3 is 24.8 Å². The summed E-state index contributed by atoms with van der Waals surface area (Å²) in [7, 11) is 0.407. The van der Waals surface area contributed by atoms with Crippen LogP contribution in [0.25, 0.3) is 0 Å². The van der Waals surface area contributed by atoms with Crippen LogP contribution in [0.5, 0.6) is 0 Å². The number of nitrogens with zero attached hydrogens (tertiary/aromatic N) is 1. The third-order valence-electron chi connectivity index (χ3n) is 4.54. The van der Waals surface area contributed by atoms with Crippen molar-refractivity contribution >= 4 is 20.3 Å². The van der Waals surface area contributed by atoms with Crippen molar-refractivity contribution in [1.82, 2.24) is 4.90 Å². The molecule has 0 spiro atoms. The van der Waals surface area contributed by atoms with Crippen LogP contribution in [-0.4, -0.2) is 63.7 Å². The van der Waals surface area contributed by atoms with E-state index in [0.29, 0.717) is 18.9 Å². The third kappa shape index (κ3) is 9.42. The zero-order valence-corrected chi connectivity index (χ0v) is 18.1. The molecule has 0 aromatic carbocycles. The molecule has 0 unspecified atom stereocenters. The maximum atomic E-state index is 12.2. The van der Waals surface area contributed by atoms with Crippen molar-refractivity contribution in [3.8, 4) is 0 Å². The lowest BCUT2D eigenvalue weighted by Crippen LogP contribution is -2.40. The molecule has 3 atom stereocenters. The maximum Gasteiger partial charge on any atom is 0.409 e. The normalized spacial score (nSPS) is 24.6. The molecule has 0 aliphatic carbocycles. The first-order valence-corrected chi connectivity index (χ1v) is 13.2. The van der Waals surface area contributed by atoms with Gasteiger partial charge in [-0.25, -0.2) is 9.59 Å². The highest BCUT2D eigenvalue weighted by atomic mass is 28.3. The molecule has 0 aromatic rings. The van der Waals surface area contributed by atoms with E-state index in [2.05, 4.69) is 33.5 Å². The van der Waals surface area contributed by atoms with E-state index in [9.17, 15) is 9.59 Å². The fraction of sp³-hybridized carbons (Fsp3) is 0.889. The molecule has 1 aliphatic heterocycles. The number of rotatable bonds is 8. The average Bonchev–Trinajstić information content (AvgIpc) is 2.43. The molecule has 7 nitrogen and oxygen atoms in total. The van der Waals surface area contributed by atoms with Crippen molar-refractivity contribution in [3.63, 3.8) is 0 Å². The Kier molecular flexibility index (Phi) is 8.89. The van der Waals surface area contributed by atoms with E-state index >= 15 is 0 Å². The lowest BCUT2D eigenvalue weighted by Gasteiger charge is -2.34. The van der Waals surface area contributed by atoms with Gasteiger partial charge in [0.25, 0.3) is 0 Å². The zero-order valence-electron chi connectivity index (χ0n) is 17.1. The Bertz CT molecular complexity index is 459. The van der Waals surface area contributed by atoms with Gasteiger partial charge in [-0.2, -0.15) is 0 Å². The largest absolute Gasteiger partial charge is 0.450 e.